The molecule has 3 N–H and O–H groups in total. The zero-order valence-electron chi connectivity index (χ0n) is 88.9. The Morgan fingerprint density at radius 3 is 0.799 bits per heavy atom. The number of aliphatic carboxylic acids is 1. The molecule has 1 saturated carbocycles. The lowest BCUT2D eigenvalue weighted by Gasteiger charge is -2.25. The van der Waals surface area contributed by atoms with Crippen LogP contribution < -0.4 is 14.9 Å². The summed E-state index contributed by atoms with van der Waals surface area (Å²) in [4.78, 5) is 37.2. The van der Waals surface area contributed by atoms with Crippen LogP contribution in [0.1, 0.15) is 449 Å². The van der Waals surface area contributed by atoms with E-state index >= 15 is 0 Å². The number of carboxylic acid groups (broad SMARTS) is 1. The molecule has 28 heteroatoms. The van der Waals surface area contributed by atoms with Gasteiger partial charge in [-0.3, -0.25) is 8.98 Å². The number of ether oxygens (including phenoxy) is 12. The van der Waals surface area contributed by atoms with Gasteiger partial charge in [-0.25, -0.2) is 13.2 Å². The fourth-order valence-corrected chi connectivity index (χ4v) is 16.4. The van der Waals surface area contributed by atoms with Crippen LogP contribution in [0.2, 0.25) is 0 Å². The predicted molar refractivity (Wildman–Crippen MR) is 561 cm³/mol. The van der Waals surface area contributed by atoms with Crippen molar-refractivity contribution in [3.63, 3.8) is 0 Å². The number of halogens is 2. The van der Waals surface area contributed by atoms with E-state index in [0.29, 0.717) is 72.7 Å². The van der Waals surface area contributed by atoms with Crippen molar-refractivity contribution in [1.82, 2.24) is 0 Å². The third kappa shape index (κ3) is 119. The summed E-state index contributed by atoms with van der Waals surface area (Å²) in [5, 5.41) is 19.5. The van der Waals surface area contributed by atoms with Crippen molar-refractivity contribution in [2.24, 2.45) is 5.92 Å². The van der Waals surface area contributed by atoms with Crippen molar-refractivity contribution < 1.29 is 112 Å². The van der Waals surface area contributed by atoms with Gasteiger partial charge in [0.15, 0.2) is 6.04 Å². The lowest BCUT2D eigenvalue weighted by atomic mass is 10.1. The SMILES string of the molecule is CC(C)(C)OC(=O)C1CCCC1.CCCCCCCCCCCCOCCOCCI.CCCCCCCCCCCCOCCOCCO.CCCCCCCCCCCCOCCOCCOS(C)(=O)=O.CCCCCCCCCCCCOCCOCC[NH+]1CCCC1C(=O)OC(C)(C)C.CCCCCCCCCCCCOCCOCC[NH+]1CCCC1C(=O)[O-].CS(=O)(=O)Cl. The van der Waals surface area contributed by atoms with Gasteiger partial charge < -0.3 is 81.6 Å². The Morgan fingerprint density at radius 1 is 0.321 bits per heavy atom. The lowest BCUT2D eigenvalue weighted by Crippen LogP contribution is -3.15. The summed E-state index contributed by atoms with van der Waals surface area (Å²) in [7, 11) is -2.05. The molecule has 3 fully saturated rings. The van der Waals surface area contributed by atoms with Gasteiger partial charge in [-0.1, -0.05) is 359 Å². The number of carbonyl (C=O) groups is 3. The van der Waals surface area contributed by atoms with E-state index in [0.717, 1.165) is 165 Å². The van der Waals surface area contributed by atoms with Crippen molar-refractivity contribution in [2.45, 2.75) is 472 Å². The topological polar surface area (TPSA) is 292 Å². The number of likely N-dealkylation sites (tertiary alicyclic amines) is 2. The molecule has 0 aromatic rings. The largest absolute Gasteiger partial charge is 0.544 e. The molecular formula is C106H215ClIN2O22S2+. The number of aliphatic hydroxyl groups excluding tert-OH is 1. The maximum Gasteiger partial charge on any atom is 0.365 e. The van der Waals surface area contributed by atoms with Crippen molar-refractivity contribution in [3.8, 4) is 0 Å². The highest BCUT2D eigenvalue weighted by Crippen LogP contribution is 2.28. The van der Waals surface area contributed by atoms with Gasteiger partial charge in [0.05, 0.1) is 150 Å². The van der Waals surface area contributed by atoms with Gasteiger partial charge in [-0.05, 0) is 86.5 Å². The van der Waals surface area contributed by atoms with E-state index in [4.69, 9.17) is 61.9 Å². The zero-order chi connectivity index (χ0) is 99.9. The molecular weight excluding hydrogens is 1880 g/mol. The van der Waals surface area contributed by atoms with E-state index in [-0.39, 0.29) is 55.4 Å². The number of rotatable bonds is 87. The average Bonchev–Trinajstić information content (AvgIpc) is 1.61. The molecule has 2 aliphatic heterocycles. The third-order valence-electron chi connectivity index (χ3n) is 23.2. The highest BCUT2D eigenvalue weighted by atomic mass is 127. The second-order valence-corrected chi connectivity index (χ2v) is 44.5. The number of alkyl halides is 1. The Kier molecular flexibility index (Phi) is 112. The summed E-state index contributed by atoms with van der Waals surface area (Å²) >= 11 is 2.32. The highest BCUT2D eigenvalue weighted by molar-refractivity contribution is 14.1. The van der Waals surface area contributed by atoms with Gasteiger partial charge in [0, 0.05) is 73.8 Å². The number of esters is 2. The van der Waals surface area contributed by atoms with Gasteiger partial charge >= 0.3 is 11.9 Å². The first kappa shape index (κ1) is 139. The molecule has 0 aromatic heterocycles. The Balaban J connectivity index is -0.000000760. The molecule has 24 nitrogen and oxygen atoms in total. The smallest absolute Gasteiger partial charge is 0.365 e. The maximum absolute atomic E-state index is 12.3. The van der Waals surface area contributed by atoms with E-state index in [9.17, 15) is 36.3 Å². The van der Waals surface area contributed by atoms with E-state index in [1.54, 1.807) is 0 Å². The molecule has 2 saturated heterocycles. The summed E-state index contributed by atoms with van der Waals surface area (Å²) in [5.74, 6) is -0.795. The Hall–Kier alpha value is -1.23. The molecule has 0 bridgehead atoms. The van der Waals surface area contributed by atoms with Crippen LogP contribution in [0.25, 0.3) is 0 Å². The van der Waals surface area contributed by atoms with Gasteiger partial charge in [0.2, 0.25) is 9.05 Å². The lowest BCUT2D eigenvalue weighted by molar-refractivity contribution is -0.906. The van der Waals surface area contributed by atoms with Crippen LogP contribution >= 0.6 is 33.3 Å². The fourth-order valence-electron chi connectivity index (χ4n) is 15.7. The molecule has 134 heavy (non-hydrogen) atoms. The molecule has 3 aliphatic rings. The van der Waals surface area contributed by atoms with Crippen molar-refractivity contribution >= 4 is 70.4 Å². The number of quaternary nitrogens is 2. The first-order valence-electron chi connectivity index (χ1n) is 54.6. The van der Waals surface area contributed by atoms with Crippen LogP contribution in [-0.2, 0) is 94.6 Å². The van der Waals surface area contributed by atoms with Crippen LogP contribution in [-0.4, -0.2) is 252 Å². The number of hydrogen-bond acceptors (Lipinski definition) is 22. The van der Waals surface area contributed by atoms with Crippen LogP contribution in [0, 0.1) is 5.92 Å². The minimum Gasteiger partial charge on any atom is -0.544 e. The molecule has 1 aliphatic carbocycles. The molecule has 3 rings (SSSR count). The van der Waals surface area contributed by atoms with Gasteiger partial charge in [-0.2, -0.15) is 8.42 Å². The normalized spacial score (nSPS) is 15.6. The van der Waals surface area contributed by atoms with Crippen LogP contribution in [0.3, 0.4) is 0 Å². The van der Waals surface area contributed by atoms with Crippen molar-refractivity contribution in [1.29, 1.82) is 0 Å². The van der Waals surface area contributed by atoms with E-state index in [2.05, 4.69) is 72.1 Å². The summed E-state index contributed by atoms with van der Waals surface area (Å²) in [6, 6.07) is -0.369. The van der Waals surface area contributed by atoms with Crippen molar-refractivity contribution in [2.75, 3.05) is 188 Å². The standard InChI is InChI=1S/C25H49NO4.C21H41NO4.C17H36O5S.C16H33IO2.C16H34O3.C10H18O2.CH3ClO2S/c1-5-6-7-8-9-10-11-12-13-14-19-28-21-22-29-20-18-26-17-15-16-23(26)24(27)30-25(2,3)4;1-2-3-4-5-6-7-8-9-10-11-16-25-18-19-26-17-15-22-14-12-13-20(22)21(23)24;1-3-4-5-6-7-8-9-10-11-12-13-20-14-15-21-16-17-22-23(2,18)19;2*1-2-3-4-5-6-7-8-9-10-11-13-18-15-16-19-14-12-17;1-10(2,3)12-9(11)8-6-4-5-7-8;1-5(2,3)4/h23H,5-22H2,1-4H3;20H,2-19H2,1H3,(H,23,24);3-17H2,1-2H3;2-16H2,1H3;17H,2-16H2,1H3;8H,4-7H2,1-3H3;1H3/p+1. The second kappa shape index (κ2) is 108. The van der Waals surface area contributed by atoms with E-state index in [1.807, 2.05) is 41.5 Å². The summed E-state index contributed by atoms with van der Waals surface area (Å²) in [5.41, 5.74) is -0.730. The number of aliphatic hydroxyl groups is 1. The predicted octanol–water partition coefficient (Wildman–Crippen LogP) is 22.0. The number of carbonyl (C=O) groups excluding carboxylic acids is 3. The van der Waals surface area contributed by atoms with Gasteiger partial charge in [-0.15, -0.1) is 0 Å². The first-order valence-corrected chi connectivity index (χ1v) is 60.7. The number of hydrogen-bond donors (Lipinski definition) is 3. The quantitative estimate of drug-likeness (QED) is 0.0127. The molecule has 2 heterocycles. The highest BCUT2D eigenvalue weighted by Gasteiger charge is 2.38. The van der Waals surface area contributed by atoms with E-state index in [1.165, 1.54) is 313 Å². The van der Waals surface area contributed by atoms with Crippen LogP contribution in [0.4, 0.5) is 0 Å². The van der Waals surface area contributed by atoms with Gasteiger partial charge in [0.25, 0.3) is 10.1 Å². The number of carboxylic acids is 1. The molecule has 806 valence electrons. The zero-order valence-corrected chi connectivity index (χ0v) is 93.5. The van der Waals surface area contributed by atoms with Crippen molar-refractivity contribution in [3.05, 3.63) is 0 Å². The molecule has 0 amide bonds. The summed E-state index contributed by atoms with van der Waals surface area (Å²) in [6.45, 7) is 39.9. The monoisotopic (exact) mass is 2090 g/mol. The first-order chi connectivity index (χ1) is 64.6. The molecule has 0 radical (unpaired) electrons. The number of nitrogens with one attached hydrogen (secondary N) is 2. The van der Waals surface area contributed by atoms with Gasteiger partial charge in [0.1, 0.15) is 30.3 Å². The van der Waals surface area contributed by atoms with Crippen LogP contribution in [0.5, 0.6) is 0 Å². The second-order valence-electron chi connectivity index (χ2n) is 38.7. The fraction of sp³-hybridized carbons (Fsp3) is 0.972. The van der Waals surface area contributed by atoms with E-state index < -0.39 is 30.7 Å². The molecule has 4 atom stereocenters. The molecule has 4 unspecified atom stereocenters. The van der Waals surface area contributed by atoms with Crippen LogP contribution in [0.15, 0.2) is 0 Å². The minimum absolute atomic E-state index is 0.000000000000000666. The Morgan fingerprint density at radius 2 is 0.545 bits per heavy atom. The number of unbranched alkanes of at least 4 members (excludes halogenated alkanes) is 45. The summed E-state index contributed by atoms with van der Waals surface area (Å²) in [6.07, 6.45) is 77.6. The average molecular weight is 2100 g/mol. The maximum atomic E-state index is 12.3. The Bertz CT molecular complexity index is 2540. The summed E-state index contributed by atoms with van der Waals surface area (Å²) < 4.78 is 111. The molecule has 0 aromatic carbocycles. The molecule has 0 spiro atoms. The third-order valence-corrected chi connectivity index (χ3v) is 24.3. The Labute approximate surface area is 843 Å². The minimum atomic E-state index is -3.36.